The summed E-state index contributed by atoms with van der Waals surface area (Å²) in [5, 5.41) is 2.11. The lowest BCUT2D eigenvalue weighted by molar-refractivity contribution is -0.143. The summed E-state index contributed by atoms with van der Waals surface area (Å²) < 4.78 is 21.8. The van der Waals surface area contributed by atoms with Crippen LogP contribution >= 0.6 is 15.9 Å². The number of carbonyl (C=O) groups is 2. The Kier molecular flexibility index (Phi) is 6.74. The maximum Gasteiger partial charge on any atom is 0.363 e. The number of methoxy groups -OCH3 is 1. The maximum absolute atomic E-state index is 12.5. The minimum Gasteiger partial charge on any atom is -0.490 e. The zero-order chi connectivity index (χ0) is 23.4. The molecule has 0 amide bonds. The van der Waals surface area contributed by atoms with Crippen LogP contribution in [0, 0.1) is 0 Å². The molecule has 7 nitrogen and oxygen atoms in total. The molecule has 0 saturated heterocycles. The second-order valence-electron chi connectivity index (χ2n) is 7.03. The van der Waals surface area contributed by atoms with E-state index in [4.69, 9.17) is 14.2 Å². The van der Waals surface area contributed by atoms with Crippen LogP contribution in [0.1, 0.15) is 18.1 Å². The van der Waals surface area contributed by atoms with E-state index < -0.39 is 11.9 Å². The number of esters is 2. The summed E-state index contributed by atoms with van der Waals surface area (Å²) in [7, 11) is 1.28. The first-order chi connectivity index (χ1) is 16.0. The number of halogens is 1. The van der Waals surface area contributed by atoms with Crippen LogP contribution in [-0.2, 0) is 19.1 Å². The van der Waals surface area contributed by atoms with Crippen molar-refractivity contribution in [2.24, 2.45) is 4.99 Å². The minimum atomic E-state index is -0.543. The van der Waals surface area contributed by atoms with Crippen LogP contribution in [-0.4, -0.2) is 38.2 Å². The molecule has 0 aliphatic carbocycles. The average molecular weight is 510 g/mol. The van der Waals surface area contributed by atoms with Crippen molar-refractivity contribution in [1.82, 2.24) is 0 Å². The first-order valence-corrected chi connectivity index (χ1v) is 11.0. The molecule has 8 heteroatoms. The number of carbonyl (C=O) groups excluding carboxylic acids is 2. The van der Waals surface area contributed by atoms with E-state index in [0.717, 1.165) is 10.8 Å². The summed E-state index contributed by atoms with van der Waals surface area (Å²) in [4.78, 5) is 28.3. The molecule has 0 bridgehead atoms. The standard InChI is InChI=1S/C25H20BrNO6/c1-3-31-21-12-15(10-19(26)23(21)32-14-22(28)30-2)11-20-25(29)33-24(27-20)18-9-8-16-6-4-5-7-17(16)13-18/h4-13H,3,14H2,1-2H3/b20-11-. The monoisotopic (exact) mass is 509 g/mol. The fourth-order valence-electron chi connectivity index (χ4n) is 3.28. The van der Waals surface area contributed by atoms with Gasteiger partial charge in [-0.05, 0) is 69.5 Å². The predicted octanol–water partition coefficient (Wildman–Crippen LogP) is 4.90. The Balaban J connectivity index is 1.64. The first kappa shape index (κ1) is 22.5. The molecule has 0 fully saturated rings. The van der Waals surface area contributed by atoms with E-state index in [2.05, 4.69) is 25.7 Å². The number of aliphatic imine (C=N–C) groups is 1. The maximum atomic E-state index is 12.5. The van der Waals surface area contributed by atoms with E-state index in [0.29, 0.717) is 33.7 Å². The van der Waals surface area contributed by atoms with Crippen molar-refractivity contribution in [3.8, 4) is 11.5 Å². The van der Waals surface area contributed by atoms with Gasteiger partial charge in [0.25, 0.3) is 0 Å². The van der Waals surface area contributed by atoms with Crippen LogP contribution in [0.2, 0.25) is 0 Å². The highest BCUT2D eigenvalue weighted by atomic mass is 79.9. The molecule has 3 aromatic carbocycles. The molecule has 0 spiro atoms. The smallest absolute Gasteiger partial charge is 0.363 e. The van der Waals surface area contributed by atoms with E-state index in [1.165, 1.54) is 7.11 Å². The Hall–Kier alpha value is -3.65. The normalized spacial score (nSPS) is 14.2. The quantitative estimate of drug-likeness (QED) is 0.332. The summed E-state index contributed by atoms with van der Waals surface area (Å²) in [6.07, 6.45) is 1.60. The van der Waals surface area contributed by atoms with Gasteiger partial charge in [0.15, 0.2) is 23.8 Å². The summed E-state index contributed by atoms with van der Waals surface area (Å²) in [6, 6.07) is 17.1. The fourth-order valence-corrected chi connectivity index (χ4v) is 3.85. The van der Waals surface area contributed by atoms with Crippen molar-refractivity contribution in [2.45, 2.75) is 6.92 Å². The van der Waals surface area contributed by atoms with Gasteiger partial charge in [0, 0.05) is 5.56 Å². The molecule has 4 rings (SSSR count). The molecule has 1 heterocycles. The average Bonchev–Trinajstić information content (AvgIpc) is 3.18. The number of fused-ring (bicyclic) bond motifs is 1. The number of rotatable bonds is 7. The molecule has 168 valence electrons. The number of cyclic esters (lactones) is 1. The van der Waals surface area contributed by atoms with Gasteiger partial charge in [0.1, 0.15) is 0 Å². The van der Waals surface area contributed by atoms with Crippen molar-refractivity contribution >= 4 is 50.6 Å². The largest absolute Gasteiger partial charge is 0.490 e. The molecule has 0 atom stereocenters. The van der Waals surface area contributed by atoms with Crippen molar-refractivity contribution in [3.63, 3.8) is 0 Å². The van der Waals surface area contributed by atoms with Gasteiger partial charge in [0.2, 0.25) is 5.90 Å². The van der Waals surface area contributed by atoms with Crippen LogP contribution in [0.15, 0.2) is 69.8 Å². The number of hydrogen-bond donors (Lipinski definition) is 0. The van der Waals surface area contributed by atoms with E-state index in [-0.39, 0.29) is 18.2 Å². The summed E-state index contributed by atoms with van der Waals surface area (Å²) in [5.74, 6) is -0.0383. The van der Waals surface area contributed by atoms with Crippen LogP contribution in [0.25, 0.3) is 16.8 Å². The molecule has 0 unspecified atom stereocenters. The Morgan fingerprint density at radius 2 is 1.88 bits per heavy atom. The SMILES string of the molecule is CCOc1cc(/C=C2\N=C(c3ccc4ccccc4c3)OC2=O)cc(Br)c1OCC(=O)OC. The highest BCUT2D eigenvalue weighted by Crippen LogP contribution is 2.38. The van der Waals surface area contributed by atoms with Crippen molar-refractivity contribution in [3.05, 3.63) is 75.9 Å². The van der Waals surface area contributed by atoms with Crippen LogP contribution in [0.5, 0.6) is 11.5 Å². The summed E-state index contributed by atoms with van der Waals surface area (Å²) >= 11 is 3.44. The Morgan fingerprint density at radius 1 is 1.09 bits per heavy atom. The molecule has 0 aromatic heterocycles. The number of hydrogen-bond acceptors (Lipinski definition) is 7. The van der Waals surface area contributed by atoms with Gasteiger partial charge < -0.3 is 18.9 Å². The molecule has 0 saturated carbocycles. The van der Waals surface area contributed by atoms with Gasteiger partial charge in [-0.1, -0.05) is 30.3 Å². The predicted molar refractivity (Wildman–Crippen MR) is 127 cm³/mol. The van der Waals surface area contributed by atoms with Gasteiger partial charge in [-0.15, -0.1) is 0 Å². The van der Waals surface area contributed by atoms with E-state index in [9.17, 15) is 9.59 Å². The third-order valence-electron chi connectivity index (χ3n) is 4.81. The molecule has 33 heavy (non-hydrogen) atoms. The highest BCUT2D eigenvalue weighted by Gasteiger charge is 2.25. The van der Waals surface area contributed by atoms with Crippen molar-refractivity contribution in [1.29, 1.82) is 0 Å². The molecule has 1 aliphatic heterocycles. The molecule has 1 aliphatic rings. The highest BCUT2D eigenvalue weighted by molar-refractivity contribution is 9.10. The second kappa shape index (κ2) is 9.87. The van der Waals surface area contributed by atoms with Gasteiger partial charge in [0.05, 0.1) is 18.2 Å². The number of ether oxygens (including phenoxy) is 4. The van der Waals surface area contributed by atoms with E-state index in [1.807, 2.05) is 49.4 Å². The van der Waals surface area contributed by atoms with Crippen LogP contribution in [0.4, 0.5) is 0 Å². The zero-order valence-electron chi connectivity index (χ0n) is 18.0. The van der Waals surface area contributed by atoms with Crippen LogP contribution in [0.3, 0.4) is 0 Å². The number of benzene rings is 3. The minimum absolute atomic E-state index is 0.163. The van der Waals surface area contributed by atoms with Crippen molar-refractivity contribution in [2.75, 3.05) is 20.3 Å². The van der Waals surface area contributed by atoms with E-state index >= 15 is 0 Å². The summed E-state index contributed by atoms with van der Waals surface area (Å²) in [6.45, 7) is 1.95. The molecule has 0 N–H and O–H groups in total. The lowest BCUT2D eigenvalue weighted by atomic mass is 10.1. The second-order valence-corrected chi connectivity index (χ2v) is 7.88. The van der Waals surface area contributed by atoms with Gasteiger partial charge in [-0.2, -0.15) is 0 Å². The first-order valence-electron chi connectivity index (χ1n) is 10.2. The third kappa shape index (κ3) is 5.06. The third-order valence-corrected chi connectivity index (χ3v) is 5.40. The number of nitrogens with zero attached hydrogens (tertiary/aromatic N) is 1. The zero-order valence-corrected chi connectivity index (χ0v) is 19.5. The Morgan fingerprint density at radius 3 is 2.64 bits per heavy atom. The fraction of sp³-hybridized carbons (Fsp3) is 0.160. The van der Waals surface area contributed by atoms with E-state index in [1.54, 1.807) is 18.2 Å². The summed E-state index contributed by atoms with van der Waals surface area (Å²) in [5.41, 5.74) is 1.52. The Labute approximate surface area is 198 Å². The lowest BCUT2D eigenvalue weighted by Gasteiger charge is -2.14. The van der Waals surface area contributed by atoms with Gasteiger partial charge >= 0.3 is 11.9 Å². The molecule has 3 aromatic rings. The van der Waals surface area contributed by atoms with Gasteiger partial charge in [-0.3, -0.25) is 0 Å². The lowest BCUT2D eigenvalue weighted by Crippen LogP contribution is -2.13. The molecule has 0 radical (unpaired) electrons. The van der Waals surface area contributed by atoms with Crippen molar-refractivity contribution < 1.29 is 28.5 Å². The molecular weight excluding hydrogens is 490 g/mol. The molecular formula is C25H20BrNO6. The topological polar surface area (TPSA) is 83.4 Å². The Bertz CT molecular complexity index is 1300. The van der Waals surface area contributed by atoms with Crippen LogP contribution < -0.4 is 9.47 Å². The van der Waals surface area contributed by atoms with Gasteiger partial charge in [-0.25, -0.2) is 14.6 Å².